The lowest BCUT2D eigenvalue weighted by Crippen LogP contribution is -2.29. The molecule has 3 rings (SSSR count). The minimum absolute atomic E-state index is 0.0683. The van der Waals surface area contributed by atoms with Crippen LogP contribution in [0.2, 0.25) is 0 Å². The summed E-state index contributed by atoms with van der Waals surface area (Å²) in [5.41, 5.74) is 8.26. The highest BCUT2D eigenvalue weighted by molar-refractivity contribution is 5.93. The van der Waals surface area contributed by atoms with Crippen LogP contribution in [-0.2, 0) is 4.79 Å². The number of carbonyl (C=O) groups excluding carboxylic acids is 1. The maximum absolute atomic E-state index is 14.5. The Morgan fingerprint density at radius 1 is 1.38 bits per heavy atom. The standard InChI is InChI=1S/C18H23FN4O/c1-11-8-12(2)23(22-11)17-7-6-14(9-16(17)19)21-18(24)15-5-3-4-13(15)10-20/h6-9,13,15H,3-5,10,20H2,1-2H3,(H,21,24)/t13-,15-/m1/s1. The van der Waals surface area contributed by atoms with Crippen LogP contribution in [0.1, 0.15) is 30.7 Å². The molecule has 1 aromatic carbocycles. The quantitative estimate of drug-likeness (QED) is 0.905. The number of anilines is 1. The second-order valence-electron chi connectivity index (χ2n) is 6.53. The summed E-state index contributed by atoms with van der Waals surface area (Å²) in [6.45, 7) is 4.26. The number of aryl methyl sites for hydroxylation is 2. The molecule has 1 aromatic heterocycles. The molecule has 0 radical (unpaired) electrons. The third-order valence-electron chi connectivity index (χ3n) is 4.75. The zero-order valence-electron chi connectivity index (χ0n) is 14.1. The molecule has 24 heavy (non-hydrogen) atoms. The highest BCUT2D eigenvalue weighted by Gasteiger charge is 2.31. The van der Waals surface area contributed by atoms with Crippen LogP contribution in [0.25, 0.3) is 5.69 Å². The lowest BCUT2D eigenvalue weighted by atomic mass is 9.95. The van der Waals surface area contributed by atoms with E-state index in [0.29, 0.717) is 17.9 Å². The number of rotatable bonds is 4. The Morgan fingerprint density at radius 3 is 2.79 bits per heavy atom. The van der Waals surface area contributed by atoms with E-state index in [1.54, 1.807) is 16.8 Å². The number of nitrogens with two attached hydrogens (primary N) is 1. The van der Waals surface area contributed by atoms with Crippen molar-refractivity contribution in [3.05, 3.63) is 41.5 Å². The molecule has 2 atom stereocenters. The molecule has 0 spiro atoms. The Morgan fingerprint density at radius 2 is 2.17 bits per heavy atom. The molecule has 1 fully saturated rings. The molecule has 1 aliphatic rings. The zero-order chi connectivity index (χ0) is 17.3. The minimum Gasteiger partial charge on any atom is -0.330 e. The first-order chi connectivity index (χ1) is 11.5. The summed E-state index contributed by atoms with van der Waals surface area (Å²) in [4.78, 5) is 12.4. The van der Waals surface area contributed by atoms with Gasteiger partial charge in [0.15, 0.2) is 5.82 Å². The normalized spacial score (nSPS) is 20.3. The molecule has 1 amide bonds. The van der Waals surface area contributed by atoms with Crippen LogP contribution >= 0.6 is 0 Å². The van der Waals surface area contributed by atoms with E-state index in [0.717, 1.165) is 30.7 Å². The molecular formula is C18H23FN4O. The van der Waals surface area contributed by atoms with Crippen LogP contribution in [0.15, 0.2) is 24.3 Å². The van der Waals surface area contributed by atoms with E-state index < -0.39 is 5.82 Å². The molecule has 0 aliphatic heterocycles. The summed E-state index contributed by atoms with van der Waals surface area (Å²) < 4.78 is 16.0. The van der Waals surface area contributed by atoms with Crippen LogP contribution in [-0.4, -0.2) is 22.2 Å². The van der Waals surface area contributed by atoms with Crippen LogP contribution < -0.4 is 11.1 Å². The fraction of sp³-hybridized carbons (Fsp3) is 0.444. The largest absolute Gasteiger partial charge is 0.330 e. The van der Waals surface area contributed by atoms with Gasteiger partial charge in [-0.05, 0) is 63.4 Å². The number of benzene rings is 1. The number of amides is 1. The number of nitrogens with zero attached hydrogens (tertiary/aromatic N) is 2. The van der Waals surface area contributed by atoms with Gasteiger partial charge in [0.05, 0.1) is 5.69 Å². The highest BCUT2D eigenvalue weighted by atomic mass is 19.1. The van der Waals surface area contributed by atoms with Crippen LogP contribution in [0.5, 0.6) is 0 Å². The van der Waals surface area contributed by atoms with Gasteiger partial charge in [-0.1, -0.05) is 6.42 Å². The van der Waals surface area contributed by atoms with Crippen LogP contribution in [0.4, 0.5) is 10.1 Å². The van der Waals surface area contributed by atoms with Gasteiger partial charge in [-0.25, -0.2) is 9.07 Å². The third-order valence-corrected chi connectivity index (χ3v) is 4.75. The fourth-order valence-electron chi connectivity index (χ4n) is 3.53. The lowest BCUT2D eigenvalue weighted by Gasteiger charge is -2.17. The number of carbonyl (C=O) groups is 1. The van der Waals surface area contributed by atoms with Gasteiger partial charge < -0.3 is 11.1 Å². The van der Waals surface area contributed by atoms with Crippen molar-refractivity contribution in [2.24, 2.45) is 17.6 Å². The Balaban J connectivity index is 1.78. The van der Waals surface area contributed by atoms with Crippen LogP contribution in [0.3, 0.4) is 0 Å². The topological polar surface area (TPSA) is 72.9 Å². The van der Waals surface area contributed by atoms with Gasteiger partial charge >= 0.3 is 0 Å². The van der Waals surface area contributed by atoms with Gasteiger partial charge in [0, 0.05) is 17.3 Å². The Kier molecular flexibility index (Phi) is 4.66. The number of hydrogen-bond acceptors (Lipinski definition) is 3. The van der Waals surface area contributed by atoms with Gasteiger partial charge in [-0.15, -0.1) is 0 Å². The van der Waals surface area contributed by atoms with Crippen molar-refractivity contribution in [3.8, 4) is 5.69 Å². The molecule has 0 unspecified atom stereocenters. The predicted molar refractivity (Wildman–Crippen MR) is 91.5 cm³/mol. The summed E-state index contributed by atoms with van der Waals surface area (Å²) in [6.07, 6.45) is 2.85. The summed E-state index contributed by atoms with van der Waals surface area (Å²) >= 11 is 0. The Bertz CT molecular complexity index is 755. The smallest absolute Gasteiger partial charge is 0.227 e. The summed E-state index contributed by atoms with van der Waals surface area (Å²) in [6, 6.07) is 6.58. The molecule has 0 bridgehead atoms. The summed E-state index contributed by atoms with van der Waals surface area (Å²) in [5.74, 6) is -0.334. The van der Waals surface area contributed by atoms with Crippen molar-refractivity contribution < 1.29 is 9.18 Å². The molecule has 1 heterocycles. The SMILES string of the molecule is Cc1cc(C)n(-c2ccc(NC(=O)[C@@H]3CCC[C@@H]3CN)cc2F)n1. The second kappa shape index (κ2) is 6.73. The monoisotopic (exact) mass is 330 g/mol. The fourth-order valence-corrected chi connectivity index (χ4v) is 3.53. The first-order valence-corrected chi connectivity index (χ1v) is 8.33. The third kappa shape index (κ3) is 3.19. The summed E-state index contributed by atoms with van der Waals surface area (Å²) in [7, 11) is 0. The Hall–Kier alpha value is -2.21. The number of halogens is 1. The van der Waals surface area contributed by atoms with Crippen molar-refractivity contribution in [1.29, 1.82) is 0 Å². The molecule has 2 aromatic rings. The van der Waals surface area contributed by atoms with Crippen molar-refractivity contribution >= 4 is 11.6 Å². The van der Waals surface area contributed by atoms with E-state index in [1.165, 1.54) is 6.07 Å². The lowest BCUT2D eigenvalue weighted by molar-refractivity contribution is -0.120. The van der Waals surface area contributed by atoms with Gasteiger partial charge in [0.1, 0.15) is 5.69 Å². The van der Waals surface area contributed by atoms with E-state index >= 15 is 0 Å². The Labute approximate surface area is 141 Å². The van der Waals surface area contributed by atoms with Crippen molar-refractivity contribution in [1.82, 2.24) is 9.78 Å². The van der Waals surface area contributed by atoms with Crippen molar-refractivity contribution in [2.75, 3.05) is 11.9 Å². The van der Waals surface area contributed by atoms with E-state index in [9.17, 15) is 9.18 Å². The van der Waals surface area contributed by atoms with Gasteiger partial charge in [-0.3, -0.25) is 4.79 Å². The number of nitrogens with one attached hydrogen (secondary N) is 1. The molecule has 0 saturated heterocycles. The van der Waals surface area contributed by atoms with Gasteiger partial charge in [-0.2, -0.15) is 5.10 Å². The van der Waals surface area contributed by atoms with E-state index in [1.807, 2.05) is 19.9 Å². The number of hydrogen-bond donors (Lipinski definition) is 2. The second-order valence-corrected chi connectivity index (χ2v) is 6.53. The van der Waals surface area contributed by atoms with Gasteiger partial charge in [0.25, 0.3) is 0 Å². The highest BCUT2D eigenvalue weighted by Crippen LogP contribution is 2.32. The summed E-state index contributed by atoms with van der Waals surface area (Å²) in [5, 5.41) is 7.11. The molecule has 3 N–H and O–H groups in total. The van der Waals surface area contributed by atoms with Gasteiger partial charge in [0.2, 0.25) is 5.91 Å². The maximum Gasteiger partial charge on any atom is 0.227 e. The minimum atomic E-state index is -0.416. The molecule has 128 valence electrons. The molecule has 1 saturated carbocycles. The van der Waals surface area contributed by atoms with E-state index in [2.05, 4.69) is 10.4 Å². The average molecular weight is 330 g/mol. The zero-order valence-corrected chi connectivity index (χ0v) is 14.1. The molecule has 1 aliphatic carbocycles. The first kappa shape index (κ1) is 16.6. The molecular weight excluding hydrogens is 307 g/mol. The van der Waals surface area contributed by atoms with E-state index in [-0.39, 0.29) is 17.7 Å². The molecule has 6 heteroatoms. The van der Waals surface area contributed by atoms with Crippen molar-refractivity contribution in [3.63, 3.8) is 0 Å². The first-order valence-electron chi connectivity index (χ1n) is 8.33. The number of aromatic nitrogens is 2. The van der Waals surface area contributed by atoms with Crippen LogP contribution in [0, 0.1) is 31.5 Å². The molecule has 5 nitrogen and oxygen atoms in total. The van der Waals surface area contributed by atoms with Crippen molar-refractivity contribution in [2.45, 2.75) is 33.1 Å². The van der Waals surface area contributed by atoms with E-state index in [4.69, 9.17) is 5.73 Å². The predicted octanol–water partition coefficient (Wildman–Crippen LogP) is 2.94. The average Bonchev–Trinajstić information content (AvgIpc) is 3.13. The maximum atomic E-state index is 14.5.